The van der Waals surface area contributed by atoms with Crippen LogP contribution in [-0.4, -0.2) is 47.6 Å². The zero-order chi connectivity index (χ0) is 18.6. The van der Waals surface area contributed by atoms with Gasteiger partial charge in [-0.25, -0.2) is 8.42 Å². The third-order valence-electron chi connectivity index (χ3n) is 5.87. The first kappa shape index (κ1) is 17.9. The molecule has 2 unspecified atom stereocenters. The van der Waals surface area contributed by atoms with E-state index in [2.05, 4.69) is 0 Å². The number of carbonyl (C=O) groups is 2. The van der Waals surface area contributed by atoms with Crippen LogP contribution in [0.25, 0.3) is 0 Å². The Bertz CT molecular complexity index is 855. The number of carbonyl (C=O) groups excluding carboxylic acids is 2. The van der Waals surface area contributed by atoms with Crippen molar-refractivity contribution in [2.75, 3.05) is 0 Å². The minimum atomic E-state index is -3.66. The van der Waals surface area contributed by atoms with Gasteiger partial charge in [-0.15, -0.1) is 0 Å². The van der Waals surface area contributed by atoms with E-state index in [1.54, 1.807) is 29.4 Å². The number of sulfonamides is 1. The monoisotopic (exact) mass is 396 g/mol. The number of nitrogens with zero attached hydrogens (tertiary/aromatic N) is 2. The van der Waals surface area contributed by atoms with Crippen LogP contribution in [0.15, 0.2) is 23.1 Å². The fourth-order valence-corrected chi connectivity index (χ4v) is 7.06. The first-order chi connectivity index (χ1) is 12.3. The second-order valence-electron chi connectivity index (χ2n) is 7.37. The van der Waals surface area contributed by atoms with E-state index in [0.29, 0.717) is 23.4 Å². The van der Waals surface area contributed by atoms with Gasteiger partial charge in [0.05, 0.1) is 4.90 Å². The molecule has 0 spiro atoms. The van der Waals surface area contributed by atoms with E-state index in [1.165, 1.54) is 4.90 Å². The minimum Gasteiger partial charge on any atom is -0.279 e. The third kappa shape index (κ3) is 2.68. The molecule has 6 nitrogen and oxygen atoms in total. The molecule has 3 aliphatic rings. The highest BCUT2D eigenvalue weighted by Gasteiger charge is 2.50. The van der Waals surface area contributed by atoms with E-state index in [0.717, 1.165) is 12.8 Å². The van der Waals surface area contributed by atoms with Crippen LogP contribution in [0.3, 0.4) is 0 Å². The van der Waals surface area contributed by atoms with Crippen LogP contribution >= 0.6 is 11.6 Å². The first-order valence-electron chi connectivity index (χ1n) is 8.94. The van der Waals surface area contributed by atoms with Crippen molar-refractivity contribution in [2.45, 2.75) is 68.5 Å². The van der Waals surface area contributed by atoms with E-state index in [1.807, 2.05) is 0 Å². The molecule has 3 saturated heterocycles. The van der Waals surface area contributed by atoms with Crippen LogP contribution in [0.1, 0.15) is 44.1 Å². The van der Waals surface area contributed by atoms with Crippen LogP contribution < -0.4 is 0 Å². The number of hydrogen-bond acceptors (Lipinski definition) is 4. The molecule has 3 fully saturated rings. The Hall–Kier alpha value is -1.44. The summed E-state index contributed by atoms with van der Waals surface area (Å²) in [5, 5.41) is 0.432. The van der Waals surface area contributed by atoms with Crippen LogP contribution in [0, 0.1) is 6.92 Å². The summed E-state index contributed by atoms with van der Waals surface area (Å²) in [7, 11) is -3.66. The fourth-order valence-electron chi connectivity index (χ4n) is 4.69. The molecular weight excluding hydrogens is 376 g/mol. The van der Waals surface area contributed by atoms with Crippen molar-refractivity contribution in [2.24, 2.45) is 0 Å². The average molecular weight is 397 g/mol. The molecule has 0 aromatic heterocycles. The summed E-state index contributed by atoms with van der Waals surface area (Å²) < 4.78 is 28.2. The summed E-state index contributed by atoms with van der Waals surface area (Å²) >= 11 is 6.12. The number of halogens is 1. The predicted molar refractivity (Wildman–Crippen MR) is 96.1 cm³/mol. The van der Waals surface area contributed by atoms with Crippen molar-refractivity contribution in [3.05, 3.63) is 28.8 Å². The summed E-state index contributed by atoms with van der Waals surface area (Å²) in [5.74, 6) is -0.247. The Morgan fingerprint density at radius 2 is 1.58 bits per heavy atom. The van der Waals surface area contributed by atoms with Gasteiger partial charge in [-0.05, 0) is 50.3 Å². The Morgan fingerprint density at radius 1 is 1.00 bits per heavy atom. The van der Waals surface area contributed by atoms with Gasteiger partial charge in [-0.3, -0.25) is 14.5 Å². The van der Waals surface area contributed by atoms with Gasteiger partial charge >= 0.3 is 0 Å². The SMILES string of the molecule is Cc1c(Cl)cccc1S(=O)(=O)N1C2CCC1CC(N1C(=O)CCC1=O)C2. The third-order valence-corrected chi connectivity index (χ3v) is 8.43. The molecule has 3 heterocycles. The van der Waals surface area contributed by atoms with Crippen molar-refractivity contribution in [3.63, 3.8) is 0 Å². The van der Waals surface area contributed by atoms with Gasteiger partial charge in [-0.2, -0.15) is 4.31 Å². The number of amides is 2. The van der Waals surface area contributed by atoms with Gasteiger partial charge in [0.15, 0.2) is 0 Å². The second-order valence-corrected chi connectivity index (χ2v) is 9.58. The van der Waals surface area contributed by atoms with Crippen LogP contribution in [0.4, 0.5) is 0 Å². The zero-order valence-corrected chi connectivity index (χ0v) is 16.1. The Balaban J connectivity index is 1.63. The lowest BCUT2D eigenvalue weighted by Gasteiger charge is -2.40. The minimum absolute atomic E-state index is 0.124. The molecule has 4 rings (SSSR count). The highest BCUT2D eigenvalue weighted by atomic mass is 35.5. The molecule has 2 amide bonds. The molecule has 0 aliphatic carbocycles. The van der Waals surface area contributed by atoms with Crippen molar-refractivity contribution < 1.29 is 18.0 Å². The normalized spacial score (nSPS) is 29.6. The summed E-state index contributed by atoms with van der Waals surface area (Å²) in [6.07, 6.45) is 3.11. The lowest BCUT2D eigenvalue weighted by atomic mass is 9.98. The number of imide groups is 1. The molecule has 0 saturated carbocycles. The molecule has 0 radical (unpaired) electrons. The van der Waals surface area contributed by atoms with Crippen LogP contribution in [0.5, 0.6) is 0 Å². The van der Waals surface area contributed by atoms with Crippen molar-refractivity contribution >= 4 is 33.4 Å². The van der Waals surface area contributed by atoms with E-state index >= 15 is 0 Å². The maximum atomic E-state index is 13.3. The zero-order valence-electron chi connectivity index (χ0n) is 14.5. The highest BCUT2D eigenvalue weighted by Crippen LogP contribution is 2.42. The van der Waals surface area contributed by atoms with E-state index in [-0.39, 0.29) is 47.7 Å². The van der Waals surface area contributed by atoms with E-state index in [4.69, 9.17) is 11.6 Å². The van der Waals surface area contributed by atoms with Crippen molar-refractivity contribution in [1.82, 2.24) is 9.21 Å². The maximum Gasteiger partial charge on any atom is 0.243 e. The molecule has 26 heavy (non-hydrogen) atoms. The predicted octanol–water partition coefficient (Wildman–Crippen LogP) is 2.48. The second kappa shape index (κ2) is 6.32. The molecule has 1 aromatic rings. The number of hydrogen-bond donors (Lipinski definition) is 0. The van der Waals surface area contributed by atoms with Gasteiger partial charge in [0, 0.05) is 36.0 Å². The lowest BCUT2D eigenvalue weighted by molar-refractivity contribution is -0.142. The van der Waals surface area contributed by atoms with Gasteiger partial charge < -0.3 is 0 Å². The molecule has 1 aromatic carbocycles. The van der Waals surface area contributed by atoms with Gasteiger partial charge in [-0.1, -0.05) is 17.7 Å². The molecule has 140 valence electrons. The van der Waals surface area contributed by atoms with Crippen LogP contribution in [0.2, 0.25) is 5.02 Å². The number of piperidine rings is 1. The Morgan fingerprint density at radius 3 is 2.15 bits per heavy atom. The molecular formula is C18H21ClN2O4S. The largest absolute Gasteiger partial charge is 0.279 e. The summed E-state index contributed by atoms with van der Waals surface area (Å²) in [6, 6.07) is 4.39. The van der Waals surface area contributed by atoms with Crippen LogP contribution in [-0.2, 0) is 19.6 Å². The Kier molecular flexibility index (Phi) is 4.36. The fraction of sp³-hybridized carbons (Fsp3) is 0.556. The molecule has 2 atom stereocenters. The molecule has 3 aliphatic heterocycles. The summed E-state index contributed by atoms with van der Waals surface area (Å²) in [5.41, 5.74) is 0.556. The molecule has 2 bridgehead atoms. The number of likely N-dealkylation sites (tertiary alicyclic amines) is 1. The summed E-state index contributed by atoms with van der Waals surface area (Å²) in [6.45, 7) is 1.71. The Labute approximate surface area is 158 Å². The molecule has 0 N–H and O–H groups in total. The average Bonchev–Trinajstić information content (AvgIpc) is 3.07. The lowest BCUT2D eigenvalue weighted by Crippen LogP contribution is -2.53. The maximum absolute atomic E-state index is 13.3. The van der Waals surface area contributed by atoms with E-state index < -0.39 is 10.0 Å². The standard InChI is InChI=1S/C18H21ClN2O4S/c1-11-15(19)3-2-4-16(11)26(24,25)21-12-5-6-13(21)10-14(9-12)20-17(22)7-8-18(20)23/h2-4,12-14H,5-10H2,1H3. The smallest absolute Gasteiger partial charge is 0.243 e. The van der Waals surface area contributed by atoms with Gasteiger partial charge in [0.25, 0.3) is 0 Å². The topological polar surface area (TPSA) is 74.8 Å². The van der Waals surface area contributed by atoms with E-state index in [9.17, 15) is 18.0 Å². The number of rotatable bonds is 3. The number of benzene rings is 1. The first-order valence-corrected chi connectivity index (χ1v) is 10.8. The van der Waals surface area contributed by atoms with Crippen molar-refractivity contribution in [3.8, 4) is 0 Å². The highest BCUT2D eigenvalue weighted by molar-refractivity contribution is 7.89. The number of fused-ring (bicyclic) bond motifs is 2. The molecule has 8 heteroatoms. The quantitative estimate of drug-likeness (QED) is 0.735. The van der Waals surface area contributed by atoms with Gasteiger partial charge in [0.1, 0.15) is 0 Å². The summed E-state index contributed by atoms with van der Waals surface area (Å²) in [4.78, 5) is 25.7. The van der Waals surface area contributed by atoms with Crippen molar-refractivity contribution in [1.29, 1.82) is 0 Å². The van der Waals surface area contributed by atoms with Gasteiger partial charge in [0.2, 0.25) is 21.8 Å².